The van der Waals surface area contributed by atoms with Crippen LogP contribution >= 0.6 is 0 Å². The van der Waals surface area contributed by atoms with Crippen molar-refractivity contribution in [3.8, 4) is 0 Å². The summed E-state index contributed by atoms with van der Waals surface area (Å²) in [5.41, 5.74) is 4.53. The third-order valence-electron chi connectivity index (χ3n) is 3.70. The first kappa shape index (κ1) is 17.7. The molecule has 0 heterocycles. The number of aryl methyl sites for hydroxylation is 1. The Morgan fingerprint density at radius 3 is 2.54 bits per heavy atom. The van der Waals surface area contributed by atoms with Crippen molar-refractivity contribution in [1.29, 1.82) is 0 Å². The fraction of sp³-hybridized carbons (Fsp3) is 0.143. The second-order valence-corrected chi connectivity index (χ2v) is 5.55. The van der Waals surface area contributed by atoms with Gasteiger partial charge in [0.2, 0.25) is 0 Å². The molecule has 1 N–H and O–H groups in total. The first-order chi connectivity index (χ1) is 11.5. The Labute approximate surface area is 142 Å². The Morgan fingerprint density at radius 2 is 1.88 bits per heavy atom. The highest BCUT2D eigenvalue weighted by Gasteiger charge is 2.10. The number of benzene rings is 2. The summed E-state index contributed by atoms with van der Waals surface area (Å²) in [5.74, 6) is -1.09. The zero-order chi connectivity index (χ0) is 17.5. The lowest BCUT2D eigenvalue weighted by Crippen LogP contribution is -1.99. The molecule has 0 aromatic heterocycles. The lowest BCUT2D eigenvalue weighted by Gasteiger charge is -2.13. The predicted octanol–water partition coefficient (Wildman–Crippen LogP) is 5.17. The van der Waals surface area contributed by atoms with E-state index in [0.29, 0.717) is 12.0 Å². The Balaban J connectivity index is 2.48. The summed E-state index contributed by atoms with van der Waals surface area (Å²) in [6.45, 7) is 5.77. The number of hydrogen-bond acceptors (Lipinski definition) is 1. The average Bonchev–Trinajstić information content (AvgIpc) is 2.55. The van der Waals surface area contributed by atoms with Gasteiger partial charge in [0.05, 0.1) is 0 Å². The molecular weight excluding hydrogens is 304 g/mol. The van der Waals surface area contributed by atoms with E-state index in [1.807, 2.05) is 44.5 Å². The average molecular weight is 325 g/mol. The minimum atomic E-state index is -0.565. The van der Waals surface area contributed by atoms with Gasteiger partial charge in [-0.3, -0.25) is 0 Å². The smallest absolute Gasteiger partial charge is 0.129 e. The zero-order valence-electron chi connectivity index (χ0n) is 13.9. The van der Waals surface area contributed by atoms with E-state index in [0.717, 1.165) is 28.3 Å². The van der Waals surface area contributed by atoms with Gasteiger partial charge < -0.3 is 5.32 Å². The third kappa shape index (κ3) is 4.42. The lowest BCUT2D eigenvalue weighted by atomic mass is 9.92. The molecule has 2 aromatic rings. The normalized spacial score (nSPS) is 11.8. The van der Waals surface area contributed by atoms with E-state index in [-0.39, 0.29) is 0 Å². The van der Waals surface area contributed by atoms with Crippen LogP contribution in [-0.4, -0.2) is 7.05 Å². The molecule has 124 valence electrons. The van der Waals surface area contributed by atoms with Crippen LogP contribution < -0.4 is 5.32 Å². The van der Waals surface area contributed by atoms with Gasteiger partial charge in [-0.05, 0) is 47.5 Å². The fourth-order valence-corrected chi connectivity index (χ4v) is 2.52. The number of rotatable bonds is 6. The molecule has 0 radical (unpaired) electrons. The number of hydrogen-bond donors (Lipinski definition) is 1. The summed E-state index contributed by atoms with van der Waals surface area (Å²) in [4.78, 5) is 0. The van der Waals surface area contributed by atoms with Crippen LogP contribution in [0.1, 0.15) is 22.3 Å². The number of nitrogens with one attached hydrogen (secondary N) is 1. The Kier molecular flexibility index (Phi) is 6.07. The Hall–Kier alpha value is -2.68. The van der Waals surface area contributed by atoms with E-state index < -0.39 is 11.6 Å². The van der Waals surface area contributed by atoms with Crippen molar-refractivity contribution in [2.75, 3.05) is 7.05 Å². The fourth-order valence-electron chi connectivity index (χ4n) is 2.52. The number of halogens is 2. The van der Waals surface area contributed by atoms with Crippen LogP contribution in [0.15, 0.2) is 67.4 Å². The van der Waals surface area contributed by atoms with Crippen LogP contribution in [0.4, 0.5) is 8.78 Å². The van der Waals surface area contributed by atoms with Gasteiger partial charge in [0, 0.05) is 19.5 Å². The SMILES string of the molecule is C=C/C=C(\C=C/NC)c1cc(C)ccc1Cc1ccc(F)cc1F. The highest BCUT2D eigenvalue weighted by Crippen LogP contribution is 2.25. The molecule has 0 atom stereocenters. The first-order valence-corrected chi connectivity index (χ1v) is 7.75. The van der Waals surface area contributed by atoms with E-state index in [1.165, 1.54) is 12.1 Å². The molecule has 0 bridgehead atoms. The molecule has 0 aliphatic carbocycles. The molecule has 3 heteroatoms. The summed E-state index contributed by atoms with van der Waals surface area (Å²) in [6, 6.07) is 9.74. The van der Waals surface area contributed by atoms with Crippen LogP contribution in [0.5, 0.6) is 0 Å². The number of allylic oxidation sites excluding steroid dienone is 4. The largest absolute Gasteiger partial charge is 0.394 e. The molecule has 0 aliphatic heterocycles. The quantitative estimate of drug-likeness (QED) is 0.723. The maximum Gasteiger partial charge on any atom is 0.129 e. The van der Waals surface area contributed by atoms with Crippen molar-refractivity contribution in [2.45, 2.75) is 13.3 Å². The standard InChI is InChI=1S/C21H21F2N/c1-4-5-16(10-11-24-3)20-12-15(2)6-7-17(20)13-18-8-9-19(22)14-21(18)23/h4-12,14,24H,1,13H2,2-3H3/b11-10-,16-5+. The molecule has 2 rings (SSSR count). The van der Waals surface area contributed by atoms with Crippen LogP contribution in [0.2, 0.25) is 0 Å². The maximum atomic E-state index is 14.0. The molecule has 0 aliphatic rings. The Bertz CT molecular complexity index is 788. The van der Waals surface area contributed by atoms with Gasteiger partial charge in [-0.1, -0.05) is 48.6 Å². The van der Waals surface area contributed by atoms with Crippen molar-refractivity contribution in [2.24, 2.45) is 0 Å². The zero-order valence-corrected chi connectivity index (χ0v) is 13.9. The molecule has 0 amide bonds. The van der Waals surface area contributed by atoms with Crippen LogP contribution in [0.25, 0.3) is 5.57 Å². The maximum absolute atomic E-state index is 14.0. The molecule has 24 heavy (non-hydrogen) atoms. The van der Waals surface area contributed by atoms with Gasteiger partial charge in [-0.15, -0.1) is 0 Å². The van der Waals surface area contributed by atoms with E-state index in [1.54, 1.807) is 6.08 Å². The topological polar surface area (TPSA) is 12.0 Å². The van der Waals surface area contributed by atoms with Crippen LogP contribution in [0, 0.1) is 18.6 Å². The molecule has 2 aromatic carbocycles. The van der Waals surface area contributed by atoms with Crippen molar-refractivity contribution < 1.29 is 8.78 Å². The summed E-state index contributed by atoms with van der Waals surface area (Å²) in [7, 11) is 1.83. The van der Waals surface area contributed by atoms with E-state index in [9.17, 15) is 8.78 Å². The van der Waals surface area contributed by atoms with Crippen molar-refractivity contribution in [3.05, 3.63) is 101 Å². The minimum Gasteiger partial charge on any atom is -0.394 e. The van der Waals surface area contributed by atoms with Gasteiger partial charge >= 0.3 is 0 Å². The van der Waals surface area contributed by atoms with Gasteiger partial charge in [0.1, 0.15) is 11.6 Å². The summed E-state index contributed by atoms with van der Waals surface area (Å²) in [5, 5.41) is 2.97. The van der Waals surface area contributed by atoms with Crippen molar-refractivity contribution >= 4 is 5.57 Å². The second-order valence-electron chi connectivity index (χ2n) is 5.55. The molecule has 0 unspecified atom stereocenters. The van der Waals surface area contributed by atoms with Crippen molar-refractivity contribution in [3.63, 3.8) is 0 Å². The Morgan fingerprint density at radius 1 is 1.12 bits per heavy atom. The van der Waals surface area contributed by atoms with Crippen LogP contribution in [-0.2, 0) is 6.42 Å². The molecule has 0 fully saturated rings. The van der Waals surface area contributed by atoms with Gasteiger partial charge in [0.15, 0.2) is 0 Å². The summed E-state index contributed by atoms with van der Waals surface area (Å²) >= 11 is 0. The van der Waals surface area contributed by atoms with Crippen molar-refractivity contribution in [1.82, 2.24) is 5.32 Å². The van der Waals surface area contributed by atoms with Crippen LogP contribution in [0.3, 0.4) is 0 Å². The monoisotopic (exact) mass is 325 g/mol. The lowest BCUT2D eigenvalue weighted by molar-refractivity contribution is 0.574. The molecule has 0 saturated carbocycles. The third-order valence-corrected chi connectivity index (χ3v) is 3.70. The minimum absolute atomic E-state index is 0.392. The van der Waals surface area contributed by atoms with E-state index >= 15 is 0 Å². The molecule has 0 spiro atoms. The second kappa shape index (κ2) is 8.25. The highest BCUT2D eigenvalue weighted by molar-refractivity contribution is 5.77. The molecule has 0 saturated heterocycles. The summed E-state index contributed by atoms with van der Waals surface area (Å²) in [6.07, 6.45) is 7.80. The highest BCUT2D eigenvalue weighted by atomic mass is 19.1. The first-order valence-electron chi connectivity index (χ1n) is 7.75. The predicted molar refractivity (Wildman–Crippen MR) is 96.7 cm³/mol. The van der Waals surface area contributed by atoms with Gasteiger partial charge in [-0.2, -0.15) is 0 Å². The molecular formula is C21H21F2N. The van der Waals surface area contributed by atoms with E-state index in [4.69, 9.17) is 0 Å². The van der Waals surface area contributed by atoms with Gasteiger partial charge in [0.25, 0.3) is 0 Å². The van der Waals surface area contributed by atoms with Gasteiger partial charge in [-0.25, -0.2) is 8.78 Å². The van der Waals surface area contributed by atoms with E-state index in [2.05, 4.69) is 18.0 Å². The summed E-state index contributed by atoms with van der Waals surface area (Å²) < 4.78 is 27.1. The molecule has 1 nitrogen and oxygen atoms in total.